The zero-order chi connectivity index (χ0) is 23.9. The lowest BCUT2D eigenvalue weighted by Crippen LogP contribution is -2.47. The summed E-state index contributed by atoms with van der Waals surface area (Å²) in [6.07, 6.45) is 5.33. The molecule has 0 unspecified atom stereocenters. The van der Waals surface area contributed by atoms with Crippen molar-refractivity contribution in [1.29, 1.82) is 0 Å². The van der Waals surface area contributed by atoms with Crippen LogP contribution >= 0.6 is 11.3 Å². The first kappa shape index (κ1) is 24.0. The smallest absolute Gasteiger partial charge is 0.248 e. The molecule has 0 spiro atoms. The third-order valence-corrected chi connectivity index (χ3v) is 7.05. The number of halogens is 1. The number of anilines is 1. The maximum Gasteiger partial charge on any atom is 0.248 e. The highest BCUT2D eigenvalue weighted by molar-refractivity contribution is 7.10. The van der Waals surface area contributed by atoms with Crippen molar-refractivity contribution >= 4 is 28.8 Å². The van der Waals surface area contributed by atoms with Gasteiger partial charge in [-0.1, -0.05) is 37.5 Å². The molecular weight excluding hydrogens is 451 g/mol. The Morgan fingerprint density at radius 3 is 2.38 bits per heavy atom. The van der Waals surface area contributed by atoms with Crippen molar-refractivity contribution < 1.29 is 18.7 Å². The van der Waals surface area contributed by atoms with E-state index in [0.29, 0.717) is 17.0 Å². The number of carbonyl (C=O) groups excluding carboxylic acids is 2. The van der Waals surface area contributed by atoms with E-state index in [-0.39, 0.29) is 24.3 Å². The maximum absolute atomic E-state index is 13.7. The normalized spacial score (nSPS) is 14.9. The molecule has 1 aliphatic rings. The zero-order valence-electron chi connectivity index (χ0n) is 19.2. The third kappa shape index (κ3) is 5.83. The fourth-order valence-electron chi connectivity index (χ4n) is 4.42. The van der Waals surface area contributed by atoms with Gasteiger partial charge in [-0.05, 0) is 66.2 Å². The molecule has 34 heavy (non-hydrogen) atoms. The molecule has 0 saturated heterocycles. The summed E-state index contributed by atoms with van der Waals surface area (Å²) in [4.78, 5) is 29.9. The van der Waals surface area contributed by atoms with Gasteiger partial charge in [-0.25, -0.2) is 4.39 Å². The van der Waals surface area contributed by atoms with E-state index >= 15 is 0 Å². The monoisotopic (exact) mass is 480 g/mol. The number of thiophene rings is 1. The van der Waals surface area contributed by atoms with Crippen molar-refractivity contribution in [3.05, 3.63) is 82.3 Å². The van der Waals surface area contributed by atoms with Crippen molar-refractivity contribution in [3.8, 4) is 5.75 Å². The van der Waals surface area contributed by atoms with Crippen molar-refractivity contribution in [2.75, 3.05) is 12.0 Å². The second-order valence-electron chi connectivity index (χ2n) is 8.52. The number of amides is 2. The van der Waals surface area contributed by atoms with Gasteiger partial charge < -0.3 is 10.1 Å². The lowest BCUT2D eigenvalue weighted by molar-refractivity contribution is -0.127. The second-order valence-corrected chi connectivity index (χ2v) is 9.55. The average Bonchev–Trinajstić information content (AvgIpc) is 3.37. The van der Waals surface area contributed by atoms with Gasteiger partial charge in [-0.3, -0.25) is 14.5 Å². The van der Waals surface area contributed by atoms with Crippen LogP contribution < -0.4 is 15.0 Å². The molecule has 5 nitrogen and oxygen atoms in total. The van der Waals surface area contributed by atoms with E-state index < -0.39 is 11.9 Å². The molecule has 0 radical (unpaired) electrons. The van der Waals surface area contributed by atoms with E-state index in [0.717, 1.165) is 30.6 Å². The number of nitrogens with zero attached hydrogens (tertiary/aromatic N) is 1. The van der Waals surface area contributed by atoms with Crippen LogP contribution in [0.25, 0.3) is 0 Å². The molecule has 1 heterocycles. The van der Waals surface area contributed by atoms with Gasteiger partial charge in [0.1, 0.15) is 17.6 Å². The molecule has 0 aliphatic heterocycles. The van der Waals surface area contributed by atoms with Crippen molar-refractivity contribution in [2.45, 2.75) is 50.6 Å². The number of carbonyl (C=O) groups is 2. The number of rotatable bonds is 8. The highest BCUT2D eigenvalue weighted by Gasteiger charge is 2.34. The highest BCUT2D eigenvalue weighted by Crippen LogP contribution is 2.31. The van der Waals surface area contributed by atoms with Gasteiger partial charge >= 0.3 is 0 Å². The van der Waals surface area contributed by atoms with E-state index in [2.05, 4.69) is 5.32 Å². The fourth-order valence-corrected chi connectivity index (χ4v) is 5.11. The van der Waals surface area contributed by atoms with Crippen LogP contribution in [0, 0.1) is 5.82 Å². The Morgan fingerprint density at radius 2 is 1.76 bits per heavy atom. The van der Waals surface area contributed by atoms with Crippen molar-refractivity contribution in [3.63, 3.8) is 0 Å². The van der Waals surface area contributed by atoms with Gasteiger partial charge in [0.2, 0.25) is 11.8 Å². The highest BCUT2D eigenvalue weighted by atomic mass is 32.1. The molecule has 4 rings (SSSR count). The van der Waals surface area contributed by atoms with E-state index in [9.17, 15) is 14.0 Å². The quantitative estimate of drug-likeness (QED) is 0.453. The van der Waals surface area contributed by atoms with Crippen molar-refractivity contribution in [2.24, 2.45) is 0 Å². The number of hydrogen-bond acceptors (Lipinski definition) is 4. The Morgan fingerprint density at radius 1 is 1.06 bits per heavy atom. The summed E-state index contributed by atoms with van der Waals surface area (Å²) in [6, 6.07) is 15.8. The van der Waals surface area contributed by atoms with Gasteiger partial charge in [0.25, 0.3) is 0 Å². The molecule has 1 fully saturated rings. The third-order valence-electron chi connectivity index (χ3n) is 6.17. The minimum atomic E-state index is -0.927. The molecule has 1 aliphatic carbocycles. The lowest BCUT2D eigenvalue weighted by atomic mass is 9.94. The van der Waals surface area contributed by atoms with Crippen LogP contribution in [-0.4, -0.2) is 25.0 Å². The maximum atomic E-state index is 13.7. The SMILES string of the molecule is COc1ccc(N(C(=O)Cc2cccs2)[C@@H](C(=O)NC2CCCCC2)c2ccc(F)cc2)cc1. The molecular formula is C27H29FN2O3S. The predicted molar refractivity (Wildman–Crippen MR) is 133 cm³/mol. The van der Waals surface area contributed by atoms with Gasteiger partial charge in [0.15, 0.2) is 0 Å². The summed E-state index contributed by atoms with van der Waals surface area (Å²) < 4.78 is 19.0. The Balaban J connectivity index is 1.73. The van der Waals surface area contributed by atoms with Gasteiger partial charge in [-0.15, -0.1) is 11.3 Å². The Labute approximate surface area is 203 Å². The number of methoxy groups -OCH3 is 1. The summed E-state index contributed by atoms with van der Waals surface area (Å²) in [7, 11) is 1.58. The molecule has 178 valence electrons. The summed E-state index contributed by atoms with van der Waals surface area (Å²) in [5, 5.41) is 5.09. The minimum Gasteiger partial charge on any atom is -0.497 e. The zero-order valence-corrected chi connectivity index (χ0v) is 20.0. The van der Waals surface area contributed by atoms with Gasteiger partial charge in [0.05, 0.1) is 13.5 Å². The summed E-state index contributed by atoms with van der Waals surface area (Å²) >= 11 is 1.50. The molecule has 3 aromatic rings. The molecule has 1 atom stereocenters. The summed E-state index contributed by atoms with van der Waals surface area (Å²) in [5.41, 5.74) is 1.14. The Kier molecular flexibility index (Phi) is 7.95. The lowest BCUT2D eigenvalue weighted by Gasteiger charge is -2.33. The van der Waals surface area contributed by atoms with Crippen LogP contribution in [0.15, 0.2) is 66.0 Å². The van der Waals surface area contributed by atoms with E-state index in [4.69, 9.17) is 4.74 Å². The van der Waals surface area contributed by atoms with Crippen LogP contribution in [0.1, 0.15) is 48.6 Å². The average molecular weight is 481 g/mol. The van der Waals surface area contributed by atoms with Crippen molar-refractivity contribution in [1.82, 2.24) is 5.32 Å². The second kappa shape index (κ2) is 11.3. The first-order valence-corrected chi connectivity index (χ1v) is 12.5. The molecule has 1 N–H and O–H groups in total. The predicted octanol–water partition coefficient (Wildman–Crippen LogP) is 5.66. The summed E-state index contributed by atoms with van der Waals surface area (Å²) in [6.45, 7) is 0. The number of benzene rings is 2. The Bertz CT molecular complexity index is 1080. The fraction of sp³-hybridized carbons (Fsp3) is 0.333. The molecule has 2 aromatic carbocycles. The first-order chi connectivity index (χ1) is 16.5. The van der Waals surface area contributed by atoms with Crippen LogP contribution in [-0.2, 0) is 16.0 Å². The molecule has 2 amide bonds. The van der Waals surface area contributed by atoms with Crippen LogP contribution in [0.5, 0.6) is 5.75 Å². The molecule has 0 bridgehead atoms. The minimum absolute atomic E-state index is 0.0781. The molecule has 1 aromatic heterocycles. The summed E-state index contributed by atoms with van der Waals surface area (Å²) in [5.74, 6) is -0.204. The standard InChI is InChI=1S/C27H29FN2O3S/c1-33-23-15-13-22(14-16-23)30(25(31)18-24-8-5-17-34-24)26(19-9-11-20(28)12-10-19)27(32)29-21-6-3-2-4-7-21/h5,8-17,21,26H,2-4,6-7,18H2,1H3,(H,29,32)/t26-/m1/s1. The first-order valence-electron chi connectivity index (χ1n) is 11.6. The van der Waals surface area contributed by atoms with Gasteiger partial charge in [-0.2, -0.15) is 0 Å². The van der Waals surface area contributed by atoms with Crippen LogP contribution in [0.3, 0.4) is 0 Å². The van der Waals surface area contributed by atoms with Gasteiger partial charge in [0, 0.05) is 16.6 Å². The molecule has 7 heteroatoms. The topological polar surface area (TPSA) is 58.6 Å². The van der Waals surface area contributed by atoms with E-state index in [1.54, 1.807) is 43.5 Å². The largest absolute Gasteiger partial charge is 0.497 e. The number of nitrogens with one attached hydrogen (secondary N) is 1. The van der Waals surface area contributed by atoms with E-state index in [1.165, 1.54) is 34.8 Å². The van der Waals surface area contributed by atoms with Crippen LogP contribution in [0.4, 0.5) is 10.1 Å². The number of hydrogen-bond donors (Lipinski definition) is 1. The van der Waals surface area contributed by atoms with E-state index in [1.807, 2.05) is 17.5 Å². The van der Waals surface area contributed by atoms with Crippen LogP contribution in [0.2, 0.25) is 0 Å². The molecule has 1 saturated carbocycles. The number of ether oxygens (including phenoxy) is 1. The Hall–Kier alpha value is -3.19.